The number of oxime groups is 1. The van der Waals surface area contributed by atoms with Crippen LogP contribution in [0.2, 0.25) is 0 Å². The Morgan fingerprint density at radius 2 is 1.58 bits per heavy atom. The standard InChI is InChI=1S/C27H24N2O7/c1-32-15-10-12-21(34-3)18(13-15)24-23(25(30)17-11-9-16(33-2)14-22(17)35-4)27(36-29-24)19-7-5-6-8-20(19)28-26(27)31/h5-14,23H,1-4H3,(H,28,31). The fourth-order valence-corrected chi connectivity index (χ4v) is 4.74. The van der Waals surface area contributed by atoms with Crippen molar-refractivity contribution in [1.82, 2.24) is 0 Å². The number of ketones is 1. The van der Waals surface area contributed by atoms with Gasteiger partial charge in [-0.1, -0.05) is 23.4 Å². The average Bonchev–Trinajstić information content (AvgIpc) is 3.46. The molecule has 0 bridgehead atoms. The molecule has 2 aliphatic heterocycles. The second kappa shape index (κ2) is 8.92. The number of ether oxygens (including phenoxy) is 4. The molecule has 2 heterocycles. The molecule has 0 radical (unpaired) electrons. The van der Waals surface area contributed by atoms with Gasteiger partial charge in [-0.25, -0.2) is 0 Å². The molecule has 3 aromatic carbocycles. The minimum Gasteiger partial charge on any atom is -0.497 e. The molecule has 2 atom stereocenters. The Labute approximate surface area is 207 Å². The molecule has 1 amide bonds. The number of para-hydroxylation sites is 1. The zero-order valence-corrected chi connectivity index (χ0v) is 20.2. The van der Waals surface area contributed by atoms with E-state index in [1.54, 1.807) is 60.7 Å². The molecule has 5 rings (SSSR count). The van der Waals surface area contributed by atoms with Crippen molar-refractivity contribution in [3.63, 3.8) is 0 Å². The maximum atomic E-state index is 14.3. The summed E-state index contributed by atoms with van der Waals surface area (Å²) < 4.78 is 21.8. The van der Waals surface area contributed by atoms with Crippen LogP contribution in [-0.2, 0) is 15.2 Å². The quantitative estimate of drug-likeness (QED) is 0.505. The van der Waals surface area contributed by atoms with E-state index in [4.69, 9.17) is 23.8 Å². The van der Waals surface area contributed by atoms with Gasteiger partial charge in [0.2, 0.25) is 0 Å². The third kappa shape index (κ3) is 3.35. The van der Waals surface area contributed by atoms with E-state index in [1.807, 2.05) is 0 Å². The number of carbonyl (C=O) groups excluding carboxylic acids is 2. The molecule has 3 aromatic rings. The minimum atomic E-state index is -1.72. The van der Waals surface area contributed by atoms with Crippen molar-refractivity contribution in [2.45, 2.75) is 5.60 Å². The zero-order valence-electron chi connectivity index (χ0n) is 20.2. The van der Waals surface area contributed by atoms with Crippen LogP contribution in [0.25, 0.3) is 0 Å². The molecule has 0 saturated heterocycles. The smallest absolute Gasteiger partial charge is 0.277 e. The van der Waals surface area contributed by atoms with Crippen molar-refractivity contribution in [3.8, 4) is 23.0 Å². The van der Waals surface area contributed by atoms with Gasteiger partial charge in [0.05, 0.1) is 34.0 Å². The summed E-state index contributed by atoms with van der Waals surface area (Å²) in [4.78, 5) is 33.8. The van der Waals surface area contributed by atoms with Crippen LogP contribution in [0.3, 0.4) is 0 Å². The summed E-state index contributed by atoms with van der Waals surface area (Å²) in [6.45, 7) is 0. The number of rotatable bonds is 7. The van der Waals surface area contributed by atoms with Gasteiger partial charge in [-0.15, -0.1) is 0 Å². The van der Waals surface area contributed by atoms with Crippen LogP contribution in [0.4, 0.5) is 5.69 Å². The van der Waals surface area contributed by atoms with Crippen LogP contribution in [0.15, 0.2) is 65.8 Å². The number of benzene rings is 3. The molecule has 2 unspecified atom stereocenters. The van der Waals surface area contributed by atoms with Crippen molar-refractivity contribution >= 4 is 23.1 Å². The predicted molar refractivity (Wildman–Crippen MR) is 131 cm³/mol. The van der Waals surface area contributed by atoms with Crippen molar-refractivity contribution in [1.29, 1.82) is 0 Å². The van der Waals surface area contributed by atoms with E-state index >= 15 is 0 Å². The number of amides is 1. The molecule has 0 fully saturated rings. The van der Waals surface area contributed by atoms with Crippen molar-refractivity contribution in [3.05, 3.63) is 77.4 Å². The Bertz CT molecular complexity index is 1400. The molecule has 0 saturated carbocycles. The number of nitrogens with one attached hydrogen (secondary N) is 1. The predicted octanol–water partition coefficient (Wildman–Crippen LogP) is 3.80. The van der Waals surface area contributed by atoms with E-state index in [0.29, 0.717) is 39.8 Å². The molecular weight excluding hydrogens is 464 g/mol. The number of carbonyl (C=O) groups is 2. The van der Waals surface area contributed by atoms with Crippen LogP contribution in [-0.4, -0.2) is 45.8 Å². The van der Waals surface area contributed by atoms with Gasteiger partial charge in [0.15, 0.2) is 5.78 Å². The third-order valence-corrected chi connectivity index (χ3v) is 6.50. The van der Waals surface area contributed by atoms with E-state index in [2.05, 4.69) is 10.5 Å². The lowest BCUT2D eigenvalue weighted by atomic mass is 9.74. The highest BCUT2D eigenvalue weighted by Gasteiger charge is 2.63. The lowest BCUT2D eigenvalue weighted by Gasteiger charge is -2.27. The molecule has 1 N–H and O–H groups in total. The summed E-state index contributed by atoms with van der Waals surface area (Å²) in [5, 5.41) is 7.17. The van der Waals surface area contributed by atoms with E-state index < -0.39 is 23.2 Å². The normalized spacial score (nSPS) is 19.7. The molecule has 2 aliphatic rings. The molecule has 184 valence electrons. The van der Waals surface area contributed by atoms with Crippen LogP contribution >= 0.6 is 0 Å². The highest BCUT2D eigenvalue weighted by atomic mass is 16.7. The number of anilines is 1. The molecule has 0 aliphatic carbocycles. The fraction of sp³-hybridized carbons (Fsp3) is 0.222. The number of methoxy groups -OCH3 is 4. The second-order valence-corrected chi connectivity index (χ2v) is 8.23. The Kier molecular flexibility index (Phi) is 5.75. The first kappa shape index (κ1) is 23.2. The Balaban J connectivity index is 1.74. The topological polar surface area (TPSA) is 105 Å². The lowest BCUT2D eigenvalue weighted by Crippen LogP contribution is -2.46. The van der Waals surface area contributed by atoms with E-state index in [-0.39, 0.29) is 11.3 Å². The first-order chi connectivity index (χ1) is 17.5. The van der Waals surface area contributed by atoms with Crippen molar-refractivity contribution in [2.24, 2.45) is 11.1 Å². The third-order valence-electron chi connectivity index (χ3n) is 6.50. The summed E-state index contributed by atoms with van der Waals surface area (Å²) >= 11 is 0. The first-order valence-electron chi connectivity index (χ1n) is 11.1. The van der Waals surface area contributed by atoms with Gasteiger partial charge in [-0.3, -0.25) is 9.59 Å². The maximum Gasteiger partial charge on any atom is 0.277 e. The summed E-state index contributed by atoms with van der Waals surface area (Å²) in [7, 11) is 6.03. The monoisotopic (exact) mass is 488 g/mol. The van der Waals surface area contributed by atoms with E-state index in [1.165, 1.54) is 28.4 Å². The zero-order chi connectivity index (χ0) is 25.4. The highest BCUT2D eigenvalue weighted by Crippen LogP contribution is 2.51. The minimum absolute atomic E-state index is 0.237. The summed E-state index contributed by atoms with van der Waals surface area (Å²) in [6.07, 6.45) is 0. The SMILES string of the molecule is COc1ccc(C(=O)C2C(c3cc(OC)ccc3OC)=NOC23C(=O)Nc2ccccc23)c(OC)c1. The fourth-order valence-electron chi connectivity index (χ4n) is 4.74. The number of hydrogen-bond donors (Lipinski definition) is 1. The van der Waals surface area contributed by atoms with Gasteiger partial charge < -0.3 is 29.1 Å². The first-order valence-corrected chi connectivity index (χ1v) is 11.1. The van der Waals surface area contributed by atoms with Gasteiger partial charge in [-0.05, 0) is 36.4 Å². The van der Waals surface area contributed by atoms with Gasteiger partial charge in [-0.2, -0.15) is 0 Å². The largest absolute Gasteiger partial charge is 0.497 e. The summed E-state index contributed by atoms with van der Waals surface area (Å²) in [6, 6.07) is 17.1. The lowest BCUT2D eigenvalue weighted by molar-refractivity contribution is -0.140. The van der Waals surface area contributed by atoms with Gasteiger partial charge in [0.25, 0.3) is 11.5 Å². The Hall–Kier alpha value is -4.53. The van der Waals surface area contributed by atoms with Crippen LogP contribution in [0.5, 0.6) is 23.0 Å². The molecular formula is C27H24N2O7. The number of Topliss-reactive ketones (excluding diaryl/α,β-unsaturated/α-hetero) is 1. The Morgan fingerprint density at radius 3 is 2.31 bits per heavy atom. The molecule has 9 heteroatoms. The molecule has 1 spiro atoms. The van der Waals surface area contributed by atoms with Crippen molar-refractivity contribution in [2.75, 3.05) is 33.8 Å². The molecule has 36 heavy (non-hydrogen) atoms. The van der Waals surface area contributed by atoms with E-state index in [0.717, 1.165) is 0 Å². The maximum absolute atomic E-state index is 14.3. The molecule has 0 aromatic heterocycles. The van der Waals surface area contributed by atoms with E-state index in [9.17, 15) is 9.59 Å². The highest BCUT2D eigenvalue weighted by molar-refractivity contribution is 6.26. The van der Waals surface area contributed by atoms with Gasteiger partial charge in [0, 0.05) is 22.9 Å². The van der Waals surface area contributed by atoms with Crippen molar-refractivity contribution < 1.29 is 33.4 Å². The number of nitrogens with zero attached hydrogens (tertiary/aromatic N) is 1. The van der Waals surface area contributed by atoms with Crippen LogP contribution in [0, 0.1) is 5.92 Å². The summed E-state index contributed by atoms with van der Waals surface area (Å²) in [5.74, 6) is -0.277. The van der Waals surface area contributed by atoms with Gasteiger partial charge >= 0.3 is 0 Å². The van der Waals surface area contributed by atoms with Crippen LogP contribution in [0.1, 0.15) is 21.5 Å². The average molecular weight is 488 g/mol. The number of fused-ring (bicyclic) bond motifs is 2. The summed E-state index contributed by atoms with van der Waals surface area (Å²) in [5.41, 5.74) is 0.303. The second-order valence-electron chi connectivity index (χ2n) is 8.23. The molecule has 9 nitrogen and oxygen atoms in total. The number of hydrogen-bond acceptors (Lipinski definition) is 8. The van der Waals surface area contributed by atoms with Gasteiger partial charge in [0.1, 0.15) is 34.6 Å². The Morgan fingerprint density at radius 1 is 0.889 bits per heavy atom. The van der Waals surface area contributed by atoms with Crippen LogP contribution < -0.4 is 24.3 Å².